The molecule has 0 aliphatic carbocycles. The van der Waals surface area contributed by atoms with Crippen molar-refractivity contribution in [3.63, 3.8) is 0 Å². The van der Waals surface area contributed by atoms with Gasteiger partial charge in [-0.05, 0) is 37.8 Å². The summed E-state index contributed by atoms with van der Waals surface area (Å²) < 4.78 is 0. The number of nitrogens with one attached hydrogen (secondary N) is 2. The second-order valence-electron chi connectivity index (χ2n) is 5.15. The summed E-state index contributed by atoms with van der Waals surface area (Å²) in [6.45, 7) is 9.35. The fraction of sp³-hybridized carbons (Fsp3) is 0.769. The molecule has 0 fully saturated rings. The molecule has 0 radical (unpaired) electrons. The van der Waals surface area contributed by atoms with Crippen LogP contribution in [0.15, 0.2) is 0 Å². The lowest BCUT2D eigenvalue weighted by Crippen LogP contribution is -2.18. The lowest BCUT2D eigenvalue weighted by Gasteiger charge is -2.15. The van der Waals surface area contributed by atoms with E-state index in [-0.39, 0.29) is 5.28 Å². The lowest BCUT2D eigenvalue weighted by molar-refractivity contribution is 0.519. The minimum absolute atomic E-state index is 0.211. The highest BCUT2D eigenvalue weighted by Crippen LogP contribution is 2.13. The van der Waals surface area contributed by atoms with Crippen LogP contribution in [-0.4, -0.2) is 27.5 Å². The molecule has 1 aromatic rings. The van der Waals surface area contributed by atoms with Crippen LogP contribution >= 0.6 is 11.6 Å². The van der Waals surface area contributed by atoms with E-state index in [0.29, 0.717) is 17.9 Å². The number of anilines is 2. The summed E-state index contributed by atoms with van der Waals surface area (Å²) >= 11 is 5.87. The first-order valence-electron chi connectivity index (χ1n) is 6.93. The van der Waals surface area contributed by atoms with Gasteiger partial charge in [0.05, 0.1) is 0 Å². The molecule has 1 aromatic heterocycles. The zero-order chi connectivity index (χ0) is 14.3. The van der Waals surface area contributed by atoms with E-state index in [9.17, 15) is 0 Å². The largest absolute Gasteiger partial charge is 0.354 e. The quantitative estimate of drug-likeness (QED) is 0.764. The first kappa shape index (κ1) is 16.0. The molecule has 19 heavy (non-hydrogen) atoms. The zero-order valence-corrected chi connectivity index (χ0v) is 13.0. The molecule has 108 valence electrons. The molecule has 1 unspecified atom stereocenters. The lowest BCUT2D eigenvalue weighted by atomic mass is 10.0. The molecule has 0 amide bonds. The number of halogens is 1. The molecule has 0 aromatic carbocycles. The van der Waals surface area contributed by atoms with Crippen LogP contribution < -0.4 is 10.6 Å². The molecule has 0 aliphatic heterocycles. The predicted octanol–water partition coefficient (Wildman–Crippen LogP) is 3.58. The van der Waals surface area contributed by atoms with Gasteiger partial charge in [0.15, 0.2) is 0 Å². The van der Waals surface area contributed by atoms with Gasteiger partial charge in [-0.15, -0.1) is 0 Å². The molecule has 0 aliphatic rings. The van der Waals surface area contributed by atoms with Crippen molar-refractivity contribution in [3.05, 3.63) is 5.28 Å². The molecule has 1 rings (SSSR count). The van der Waals surface area contributed by atoms with E-state index in [1.807, 2.05) is 6.92 Å². The maximum absolute atomic E-state index is 5.87. The van der Waals surface area contributed by atoms with Crippen molar-refractivity contribution in [3.8, 4) is 0 Å². The van der Waals surface area contributed by atoms with Crippen LogP contribution in [0.5, 0.6) is 0 Å². The minimum atomic E-state index is 0.211. The summed E-state index contributed by atoms with van der Waals surface area (Å²) in [6.07, 6.45) is 3.54. The molecule has 5 nitrogen and oxygen atoms in total. The molecule has 0 bridgehead atoms. The Labute approximate surface area is 120 Å². The molecule has 0 spiro atoms. The van der Waals surface area contributed by atoms with E-state index >= 15 is 0 Å². The third-order valence-corrected chi connectivity index (χ3v) is 2.91. The summed E-state index contributed by atoms with van der Waals surface area (Å²) in [5.74, 6) is 1.80. The van der Waals surface area contributed by atoms with Gasteiger partial charge in [0.1, 0.15) is 0 Å². The third kappa shape index (κ3) is 6.57. The fourth-order valence-corrected chi connectivity index (χ4v) is 1.94. The molecule has 6 heteroatoms. The molecule has 1 heterocycles. The zero-order valence-electron chi connectivity index (χ0n) is 12.2. The monoisotopic (exact) mass is 285 g/mol. The highest BCUT2D eigenvalue weighted by molar-refractivity contribution is 6.28. The average Bonchev–Trinajstić information content (AvgIpc) is 2.27. The van der Waals surface area contributed by atoms with Crippen molar-refractivity contribution in [1.29, 1.82) is 0 Å². The normalized spacial score (nSPS) is 12.5. The van der Waals surface area contributed by atoms with Gasteiger partial charge >= 0.3 is 0 Å². The van der Waals surface area contributed by atoms with Crippen LogP contribution in [0, 0.1) is 5.92 Å². The van der Waals surface area contributed by atoms with Gasteiger partial charge in [0.25, 0.3) is 0 Å². The molecule has 1 atom stereocenters. The van der Waals surface area contributed by atoms with Crippen LogP contribution in [0.2, 0.25) is 5.28 Å². The Morgan fingerprint density at radius 1 is 1.05 bits per heavy atom. The third-order valence-electron chi connectivity index (χ3n) is 2.74. The van der Waals surface area contributed by atoms with Gasteiger partial charge in [0.2, 0.25) is 17.2 Å². The summed E-state index contributed by atoms with van der Waals surface area (Å²) in [4.78, 5) is 12.4. The van der Waals surface area contributed by atoms with Gasteiger partial charge < -0.3 is 10.6 Å². The van der Waals surface area contributed by atoms with Crippen molar-refractivity contribution in [2.75, 3.05) is 17.2 Å². The Hall–Kier alpha value is -1.10. The predicted molar refractivity (Wildman–Crippen MR) is 80.8 cm³/mol. The Bertz CT molecular complexity index is 383. The smallest absolute Gasteiger partial charge is 0.229 e. The summed E-state index contributed by atoms with van der Waals surface area (Å²) in [7, 11) is 0. The van der Waals surface area contributed by atoms with Crippen molar-refractivity contribution >= 4 is 23.5 Å². The topological polar surface area (TPSA) is 62.7 Å². The van der Waals surface area contributed by atoms with Crippen molar-refractivity contribution in [2.24, 2.45) is 5.92 Å². The van der Waals surface area contributed by atoms with E-state index in [0.717, 1.165) is 18.9 Å². The van der Waals surface area contributed by atoms with Crippen LogP contribution in [0.1, 0.15) is 47.0 Å². The van der Waals surface area contributed by atoms with Gasteiger partial charge in [-0.1, -0.05) is 26.7 Å². The second kappa shape index (κ2) is 8.15. The Morgan fingerprint density at radius 2 is 1.74 bits per heavy atom. The van der Waals surface area contributed by atoms with E-state index in [2.05, 4.69) is 46.4 Å². The van der Waals surface area contributed by atoms with Crippen molar-refractivity contribution in [1.82, 2.24) is 15.0 Å². The Balaban J connectivity index is 2.51. The van der Waals surface area contributed by atoms with Crippen molar-refractivity contribution < 1.29 is 0 Å². The maximum atomic E-state index is 5.87. The molecule has 0 saturated carbocycles. The van der Waals surface area contributed by atoms with E-state index in [1.54, 1.807) is 0 Å². The molecular weight excluding hydrogens is 262 g/mol. The SMILES string of the molecule is CCNc1nc(Cl)nc(NC(C)CCCC(C)C)n1. The summed E-state index contributed by atoms with van der Waals surface area (Å²) in [6, 6.07) is 0.326. The highest BCUT2D eigenvalue weighted by atomic mass is 35.5. The molecular formula is C13H24ClN5. The molecule has 0 saturated heterocycles. The second-order valence-corrected chi connectivity index (χ2v) is 5.49. The Kier molecular flexibility index (Phi) is 6.84. The number of aromatic nitrogens is 3. The van der Waals surface area contributed by atoms with Crippen molar-refractivity contribution in [2.45, 2.75) is 53.0 Å². The minimum Gasteiger partial charge on any atom is -0.354 e. The maximum Gasteiger partial charge on any atom is 0.229 e. The summed E-state index contributed by atoms with van der Waals surface area (Å²) in [5, 5.41) is 6.51. The number of nitrogens with zero attached hydrogens (tertiary/aromatic N) is 3. The van der Waals surface area contributed by atoms with E-state index < -0.39 is 0 Å². The van der Waals surface area contributed by atoms with Crippen LogP contribution in [-0.2, 0) is 0 Å². The molecule has 2 N–H and O–H groups in total. The number of hydrogen-bond donors (Lipinski definition) is 2. The van der Waals surface area contributed by atoms with Crippen LogP contribution in [0.3, 0.4) is 0 Å². The van der Waals surface area contributed by atoms with E-state index in [4.69, 9.17) is 11.6 Å². The van der Waals surface area contributed by atoms with Gasteiger partial charge in [-0.25, -0.2) is 0 Å². The first-order valence-corrected chi connectivity index (χ1v) is 7.31. The van der Waals surface area contributed by atoms with Gasteiger partial charge in [-0.3, -0.25) is 0 Å². The highest BCUT2D eigenvalue weighted by Gasteiger charge is 2.08. The Morgan fingerprint density at radius 3 is 2.37 bits per heavy atom. The van der Waals surface area contributed by atoms with Crippen LogP contribution in [0.25, 0.3) is 0 Å². The number of rotatable bonds is 8. The summed E-state index contributed by atoms with van der Waals surface area (Å²) in [5.41, 5.74) is 0. The fourth-order valence-electron chi connectivity index (χ4n) is 1.78. The number of hydrogen-bond acceptors (Lipinski definition) is 5. The van der Waals surface area contributed by atoms with Gasteiger partial charge in [-0.2, -0.15) is 15.0 Å². The average molecular weight is 286 g/mol. The van der Waals surface area contributed by atoms with E-state index in [1.165, 1.54) is 12.8 Å². The first-order chi connectivity index (χ1) is 9.01. The van der Waals surface area contributed by atoms with Gasteiger partial charge in [0, 0.05) is 12.6 Å². The standard InChI is InChI=1S/C13H24ClN5/c1-5-15-12-17-11(14)18-13(19-12)16-10(4)8-6-7-9(2)3/h9-10H,5-8H2,1-4H3,(H2,15,16,17,18,19). The van der Waals surface area contributed by atoms with Crippen LogP contribution in [0.4, 0.5) is 11.9 Å².